The van der Waals surface area contributed by atoms with Crippen LogP contribution in [0.4, 0.5) is 0 Å². The zero-order chi connectivity index (χ0) is 15.5. The van der Waals surface area contributed by atoms with E-state index in [4.69, 9.17) is 13.9 Å². The monoisotopic (exact) mass is 296 g/mol. The van der Waals surface area contributed by atoms with Gasteiger partial charge in [0.15, 0.2) is 0 Å². The summed E-state index contributed by atoms with van der Waals surface area (Å²) in [5.74, 6) is 2.26. The number of hydrogen-bond donors (Lipinski definition) is 0. The van der Waals surface area contributed by atoms with Gasteiger partial charge in [0.25, 0.3) is 0 Å². The van der Waals surface area contributed by atoms with Crippen molar-refractivity contribution >= 4 is 0 Å². The lowest BCUT2D eigenvalue weighted by molar-refractivity contribution is 0.394. The van der Waals surface area contributed by atoms with Crippen LogP contribution < -0.4 is 9.47 Å². The number of benzene rings is 2. The zero-order valence-corrected chi connectivity index (χ0v) is 12.7. The molecule has 2 aromatic carbocycles. The van der Waals surface area contributed by atoms with Crippen LogP contribution in [0, 0.1) is 6.92 Å². The van der Waals surface area contributed by atoms with Gasteiger partial charge in [0.1, 0.15) is 11.5 Å². The molecule has 0 aliphatic heterocycles. The van der Waals surface area contributed by atoms with Crippen molar-refractivity contribution in [1.82, 2.24) is 10.2 Å². The van der Waals surface area contributed by atoms with Gasteiger partial charge in [-0.3, -0.25) is 0 Å². The van der Waals surface area contributed by atoms with E-state index in [1.165, 1.54) is 0 Å². The summed E-state index contributed by atoms with van der Waals surface area (Å²) in [5.41, 5.74) is 2.76. The van der Waals surface area contributed by atoms with Crippen LogP contribution in [-0.2, 0) is 0 Å². The maximum absolute atomic E-state index is 5.80. The van der Waals surface area contributed by atoms with Crippen molar-refractivity contribution in [3.8, 4) is 34.4 Å². The largest absolute Gasteiger partial charge is 0.497 e. The molecule has 5 nitrogen and oxygen atoms in total. The van der Waals surface area contributed by atoms with Gasteiger partial charge < -0.3 is 13.9 Å². The van der Waals surface area contributed by atoms with Gasteiger partial charge in [0.2, 0.25) is 11.8 Å². The third-order valence-corrected chi connectivity index (χ3v) is 3.40. The molecule has 0 bridgehead atoms. The molecule has 5 heteroatoms. The lowest BCUT2D eigenvalue weighted by atomic mass is 10.1. The minimum Gasteiger partial charge on any atom is -0.497 e. The first-order valence-electron chi connectivity index (χ1n) is 6.84. The minimum absolute atomic E-state index is 0.426. The van der Waals surface area contributed by atoms with E-state index in [-0.39, 0.29) is 0 Å². The highest BCUT2D eigenvalue weighted by Crippen LogP contribution is 2.31. The maximum atomic E-state index is 5.80. The normalized spacial score (nSPS) is 10.5. The molecule has 0 amide bonds. The number of rotatable bonds is 4. The fraction of sp³-hybridized carbons (Fsp3) is 0.176. The highest BCUT2D eigenvalue weighted by Gasteiger charge is 2.13. The number of ether oxygens (including phenoxy) is 2. The second-order valence-corrected chi connectivity index (χ2v) is 4.83. The summed E-state index contributed by atoms with van der Waals surface area (Å²) in [5, 5.41) is 8.26. The summed E-state index contributed by atoms with van der Waals surface area (Å²) in [4.78, 5) is 0. The Balaban J connectivity index is 2.02. The smallest absolute Gasteiger partial charge is 0.248 e. The summed E-state index contributed by atoms with van der Waals surface area (Å²) < 4.78 is 16.3. The Kier molecular flexibility index (Phi) is 3.78. The number of methoxy groups -OCH3 is 2. The van der Waals surface area contributed by atoms with Crippen LogP contribution in [0.1, 0.15) is 5.56 Å². The highest BCUT2D eigenvalue weighted by molar-refractivity contribution is 5.63. The summed E-state index contributed by atoms with van der Waals surface area (Å²) in [6.07, 6.45) is 0. The van der Waals surface area contributed by atoms with Crippen LogP contribution in [0.15, 0.2) is 46.9 Å². The van der Waals surface area contributed by atoms with Crippen LogP contribution in [0.3, 0.4) is 0 Å². The van der Waals surface area contributed by atoms with E-state index in [0.29, 0.717) is 23.3 Å². The molecule has 22 heavy (non-hydrogen) atoms. The Bertz CT molecular complexity index is 774. The third-order valence-electron chi connectivity index (χ3n) is 3.40. The molecule has 0 saturated carbocycles. The summed E-state index contributed by atoms with van der Waals surface area (Å²) >= 11 is 0. The SMILES string of the molecule is COc1cc(OC)cc(-c2nnc(-c3ccccc3C)o2)c1. The van der Waals surface area contributed by atoms with Crippen molar-refractivity contribution in [2.45, 2.75) is 6.92 Å². The fourth-order valence-electron chi connectivity index (χ4n) is 2.19. The van der Waals surface area contributed by atoms with E-state index in [2.05, 4.69) is 10.2 Å². The third kappa shape index (κ3) is 2.65. The number of aromatic nitrogens is 2. The van der Waals surface area contributed by atoms with E-state index in [1.54, 1.807) is 20.3 Å². The molecule has 0 saturated heterocycles. The van der Waals surface area contributed by atoms with E-state index >= 15 is 0 Å². The van der Waals surface area contributed by atoms with E-state index in [0.717, 1.165) is 16.7 Å². The molecule has 0 unspecified atom stereocenters. The van der Waals surface area contributed by atoms with Crippen molar-refractivity contribution in [1.29, 1.82) is 0 Å². The van der Waals surface area contributed by atoms with E-state index in [9.17, 15) is 0 Å². The van der Waals surface area contributed by atoms with Gasteiger partial charge in [0.05, 0.1) is 14.2 Å². The van der Waals surface area contributed by atoms with Gasteiger partial charge in [-0.1, -0.05) is 18.2 Å². The summed E-state index contributed by atoms with van der Waals surface area (Å²) in [7, 11) is 3.20. The van der Waals surface area contributed by atoms with Crippen molar-refractivity contribution < 1.29 is 13.9 Å². The molecular weight excluding hydrogens is 280 g/mol. The molecule has 1 aromatic heterocycles. The molecule has 3 rings (SSSR count). The Morgan fingerprint density at radius 2 is 1.50 bits per heavy atom. The second-order valence-electron chi connectivity index (χ2n) is 4.83. The van der Waals surface area contributed by atoms with Gasteiger partial charge >= 0.3 is 0 Å². The Morgan fingerprint density at radius 1 is 0.864 bits per heavy atom. The van der Waals surface area contributed by atoms with Crippen LogP contribution in [-0.4, -0.2) is 24.4 Å². The van der Waals surface area contributed by atoms with E-state index in [1.807, 2.05) is 43.3 Å². The average molecular weight is 296 g/mol. The van der Waals surface area contributed by atoms with Crippen LogP contribution in [0.5, 0.6) is 11.5 Å². The molecule has 0 atom stereocenters. The first-order chi connectivity index (χ1) is 10.7. The van der Waals surface area contributed by atoms with Crippen LogP contribution >= 0.6 is 0 Å². The number of nitrogens with zero attached hydrogens (tertiary/aromatic N) is 2. The fourth-order valence-corrected chi connectivity index (χ4v) is 2.19. The molecular formula is C17H16N2O3. The van der Waals surface area contributed by atoms with Gasteiger partial charge in [-0.2, -0.15) is 0 Å². The quantitative estimate of drug-likeness (QED) is 0.734. The molecule has 1 heterocycles. The number of aryl methyl sites for hydroxylation is 1. The summed E-state index contributed by atoms with van der Waals surface area (Å²) in [6.45, 7) is 2.01. The average Bonchev–Trinajstić information content (AvgIpc) is 3.04. The molecule has 0 fully saturated rings. The molecule has 112 valence electrons. The van der Waals surface area contributed by atoms with Gasteiger partial charge in [-0.15, -0.1) is 10.2 Å². The predicted octanol–water partition coefficient (Wildman–Crippen LogP) is 3.73. The lowest BCUT2D eigenvalue weighted by Crippen LogP contribution is -1.88. The highest BCUT2D eigenvalue weighted by atomic mass is 16.5. The van der Waals surface area contributed by atoms with Crippen LogP contribution in [0.2, 0.25) is 0 Å². The predicted molar refractivity (Wildman–Crippen MR) is 83.0 cm³/mol. The van der Waals surface area contributed by atoms with Gasteiger partial charge in [-0.05, 0) is 30.7 Å². The Labute approximate surface area is 128 Å². The molecule has 0 aliphatic carbocycles. The minimum atomic E-state index is 0.426. The van der Waals surface area contributed by atoms with Crippen LogP contribution in [0.25, 0.3) is 22.9 Å². The van der Waals surface area contributed by atoms with Crippen molar-refractivity contribution in [2.24, 2.45) is 0 Å². The van der Waals surface area contributed by atoms with Crippen molar-refractivity contribution in [3.05, 3.63) is 48.0 Å². The van der Waals surface area contributed by atoms with Gasteiger partial charge in [0, 0.05) is 17.2 Å². The standard InChI is InChI=1S/C17H16N2O3/c1-11-6-4-5-7-15(11)17-19-18-16(22-17)12-8-13(20-2)10-14(9-12)21-3/h4-10H,1-3H3. The van der Waals surface area contributed by atoms with Crippen molar-refractivity contribution in [2.75, 3.05) is 14.2 Å². The second kappa shape index (κ2) is 5.89. The molecule has 0 aliphatic rings. The lowest BCUT2D eigenvalue weighted by Gasteiger charge is -2.05. The van der Waals surface area contributed by atoms with Crippen molar-refractivity contribution in [3.63, 3.8) is 0 Å². The Hall–Kier alpha value is -2.82. The number of hydrogen-bond acceptors (Lipinski definition) is 5. The van der Waals surface area contributed by atoms with E-state index < -0.39 is 0 Å². The zero-order valence-electron chi connectivity index (χ0n) is 12.7. The molecule has 3 aromatic rings. The topological polar surface area (TPSA) is 57.4 Å². The maximum Gasteiger partial charge on any atom is 0.248 e. The molecule has 0 spiro atoms. The Morgan fingerprint density at radius 3 is 2.14 bits per heavy atom. The summed E-state index contributed by atoms with van der Waals surface area (Å²) in [6, 6.07) is 13.3. The van der Waals surface area contributed by atoms with Gasteiger partial charge in [-0.25, -0.2) is 0 Å². The first kappa shape index (κ1) is 14.1. The molecule has 0 N–H and O–H groups in total. The first-order valence-corrected chi connectivity index (χ1v) is 6.84. The molecule has 0 radical (unpaired) electrons.